The Morgan fingerprint density at radius 2 is 1.91 bits per heavy atom. The molecule has 8 heteroatoms. The zero-order chi connectivity index (χ0) is 16.8. The largest absolute Gasteiger partial charge is 0.307 e. The van der Waals surface area contributed by atoms with Gasteiger partial charge in [0.25, 0.3) is 10.0 Å². The number of anilines is 1. The summed E-state index contributed by atoms with van der Waals surface area (Å²) in [6, 6.07) is 8.32. The highest BCUT2D eigenvalue weighted by atomic mass is 32.2. The topological polar surface area (TPSA) is 68.2 Å². The first-order chi connectivity index (χ1) is 10.8. The fourth-order valence-corrected chi connectivity index (χ4v) is 4.38. The van der Waals surface area contributed by atoms with Gasteiger partial charge in [-0.25, -0.2) is 12.8 Å². The number of sulfonamides is 1. The molecule has 0 spiro atoms. The van der Waals surface area contributed by atoms with Crippen LogP contribution in [0.15, 0.2) is 46.1 Å². The third kappa shape index (κ3) is 2.87. The van der Waals surface area contributed by atoms with E-state index in [2.05, 4.69) is 4.72 Å². The maximum Gasteiger partial charge on any atom is 0.307 e. The van der Waals surface area contributed by atoms with E-state index in [9.17, 15) is 17.6 Å². The quantitative estimate of drug-likeness (QED) is 0.788. The second-order valence-corrected chi connectivity index (χ2v) is 7.80. The lowest BCUT2D eigenvalue weighted by Crippen LogP contribution is -2.13. The molecule has 1 N–H and O–H groups in total. The Kier molecular flexibility index (Phi) is 3.73. The molecule has 1 heterocycles. The summed E-state index contributed by atoms with van der Waals surface area (Å²) >= 11 is 0.986. The van der Waals surface area contributed by atoms with Crippen LogP contribution in [0.3, 0.4) is 0 Å². The van der Waals surface area contributed by atoms with Gasteiger partial charge >= 0.3 is 4.87 Å². The van der Waals surface area contributed by atoms with Gasteiger partial charge in [-0.15, -0.1) is 0 Å². The minimum Gasteiger partial charge on any atom is -0.302 e. The summed E-state index contributed by atoms with van der Waals surface area (Å²) in [5.74, 6) is -0.430. The lowest BCUT2D eigenvalue weighted by atomic mass is 10.2. The van der Waals surface area contributed by atoms with Crippen LogP contribution in [0.25, 0.3) is 10.2 Å². The molecule has 3 rings (SSSR count). The number of rotatable bonds is 3. The molecular formula is C15H13FN2O3S2. The molecule has 1 aromatic heterocycles. The number of hydrogen-bond donors (Lipinski definition) is 1. The van der Waals surface area contributed by atoms with E-state index in [1.165, 1.54) is 34.9 Å². The van der Waals surface area contributed by atoms with Crippen LogP contribution in [0.4, 0.5) is 10.1 Å². The van der Waals surface area contributed by atoms with Crippen molar-refractivity contribution < 1.29 is 12.8 Å². The Morgan fingerprint density at radius 3 is 2.61 bits per heavy atom. The van der Waals surface area contributed by atoms with Crippen LogP contribution < -0.4 is 9.60 Å². The molecule has 0 radical (unpaired) electrons. The van der Waals surface area contributed by atoms with E-state index in [0.29, 0.717) is 21.5 Å². The number of fused-ring (bicyclic) bond motifs is 1. The molecule has 0 saturated heterocycles. The molecule has 120 valence electrons. The second-order valence-electron chi connectivity index (χ2n) is 5.12. The Hall–Kier alpha value is -2.19. The molecule has 0 aliphatic heterocycles. The van der Waals surface area contributed by atoms with Crippen molar-refractivity contribution >= 4 is 37.3 Å². The van der Waals surface area contributed by atoms with Crippen LogP contribution in [-0.2, 0) is 17.1 Å². The molecule has 2 aromatic carbocycles. The maximum atomic E-state index is 13.1. The zero-order valence-corrected chi connectivity index (χ0v) is 14.0. The van der Waals surface area contributed by atoms with E-state index in [0.717, 1.165) is 11.3 Å². The average Bonchev–Trinajstić information content (AvgIpc) is 2.77. The number of halogens is 1. The van der Waals surface area contributed by atoms with Crippen molar-refractivity contribution in [1.29, 1.82) is 0 Å². The Labute approximate surface area is 136 Å². The van der Waals surface area contributed by atoms with E-state index in [4.69, 9.17) is 0 Å². The van der Waals surface area contributed by atoms with Gasteiger partial charge in [0.15, 0.2) is 0 Å². The first kappa shape index (κ1) is 15.7. The zero-order valence-electron chi connectivity index (χ0n) is 12.3. The molecule has 5 nitrogen and oxygen atoms in total. The summed E-state index contributed by atoms with van der Waals surface area (Å²) in [6.07, 6.45) is 0. The predicted molar refractivity (Wildman–Crippen MR) is 89.0 cm³/mol. The van der Waals surface area contributed by atoms with Gasteiger partial charge in [0.1, 0.15) is 5.82 Å². The average molecular weight is 352 g/mol. The van der Waals surface area contributed by atoms with Gasteiger partial charge in [-0.1, -0.05) is 11.3 Å². The highest BCUT2D eigenvalue weighted by Gasteiger charge is 2.17. The van der Waals surface area contributed by atoms with Gasteiger partial charge in [-0.05, 0) is 48.9 Å². The number of benzene rings is 2. The van der Waals surface area contributed by atoms with Crippen LogP contribution in [0.1, 0.15) is 5.56 Å². The van der Waals surface area contributed by atoms with Gasteiger partial charge in [0.2, 0.25) is 0 Å². The van der Waals surface area contributed by atoms with Crippen LogP contribution in [0.5, 0.6) is 0 Å². The predicted octanol–water partition coefficient (Wildman–Crippen LogP) is 2.85. The van der Waals surface area contributed by atoms with Crippen LogP contribution in [0, 0.1) is 12.7 Å². The van der Waals surface area contributed by atoms with Crippen LogP contribution in [0.2, 0.25) is 0 Å². The highest BCUT2D eigenvalue weighted by molar-refractivity contribution is 7.92. The third-order valence-electron chi connectivity index (χ3n) is 3.51. The first-order valence-corrected chi connectivity index (χ1v) is 8.96. The summed E-state index contributed by atoms with van der Waals surface area (Å²) in [6.45, 7) is 1.62. The van der Waals surface area contributed by atoms with E-state index in [1.807, 2.05) is 0 Å². The molecular weight excluding hydrogens is 339 g/mol. The smallest absolute Gasteiger partial charge is 0.302 e. The van der Waals surface area contributed by atoms with Crippen LogP contribution >= 0.6 is 11.3 Å². The van der Waals surface area contributed by atoms with Crippen molar-refractivity contribution in [3.8, 4) is 0 Å². The second kappa shape index (κ2) is 5.47. The summed E-state index contributed by atoms with van der Waals surface area (Å²) in [5, 5.41) is 0. The lowest BCUT2D eigenvalue weighted by molar-refractivity contribution is 0.601. The van der Waals surface area contributed by atoms with Gasteiger partial charge in [-0.2, -0.15) is 0 Å². The first-order valence-electron chi connectivity index (χ1n) is 6.66. The summed E-state index contributed by atoms with van der Waals surface area (Å²) in [4.78, 5) is 11.5. The molecule has 0 saturated carbocycles. The van der Waals surface area contributed by atoms with Gasteiger partial charge in [0.05, 0.1) is 20.8 Å². The molecule has 0 bridgehead atoms. The number of aryl methyl sites for hydroxylation is 2. The Balaban J connectivity index is 2.04. The normalized spacial score (nSPS) is 11.8. The Morgan fingerprint density at radius 1 is 1.17 bits per heavy atom. The molecule has 23 heavy (non-hydrogen) atoms. The van der Waals surface area contributed by atoms with Gasteiger partial charge < -0.3 is 4.57 Å². The fraction of sp³-hybridized carbons (Fsp3) is 0.133. The number of thiazole rings is 1. The van der Waals surface area contributed by atoms with E-state index in [-0.39, 0.29) is 9.77 Å². The number of nitrogens with one attached hydrogen (secondary N) is 1. The molecule has 0 aliphatic carbocycles. The number of aromatic nitrogens is 1. The van der Waals surface area contributed by atoms with Crippen molar-refractivity contribution in [2.24, 2.45) is 7.05 Å². The summed E-state index contributed by atoms with van der Waals surface area (Å²) in [5.41, 5.74) is 1.48. The monoisotopic (exact) mass is 352 g/mol. The maximum absolute atomic E-state index is 13.1. The minimum atomic E-state index is -3.82. The highest BCUT2D eigenvalue weighted by Crippen LogP contribution is 2.24. The number of nitrogens with zero attached hydrogens (tertiary/aromatic N) is 1. The molecule has 0 unspecified atom stereocenters. The Bertz CT molecular complexity index is 1070. The van der Waals surface area contributed by atoms with Crippen molar-refractivity contribution in [2.45, 2.75) is 11.8 Å². The fourth-order valence-electron chi connectivity index (χ4n) is 2.23. The van der Waals surface area contributed by atoms with Gasteiger partial charge in [-0.3, -0.25) is 9.52 Å². The van der Waals surface area contributed by atoms with Gasteiger partial charge in [0, 0.05) is 7.05 Å². The third-order valence-corrected chi connectivity index (χ3v) is 5.87. The standard InChI is InChI=1S/C15H13FN2O3S2/c1-9-7-10(16)3-5-12(9)17-23(20,21)11-4-6-13-14(8-11)22-15(19)18(13)2/h3-8,17H,1-2H3. The van der Waals surface area contributed by atoms with Crippen LogP contribution in [-0.4, -0.2) is 13.0 Å². The molecule has 0 atom stereocenters. The van der Waals surface area contributed by atoms with E-state index in [1.54, 1.807) is 20.0 Å². The van der Waals surface area contributed by atoms with Crippen molar-refractivity contribution in [3.05, 3.63) is 57.4 Å². The van der Waals surface area contributed by atoms with E-state index >= 15 is 0 Å². The minimum absolute atomic E-state index is 0.0515. The molecule has 0 aliphatic rings. The summed E-state index contributed by atoms with van der Waals surface area (Å²) < 4.78 is 42.6. The van der Waals surface area contributed by atoms with Crippen molar-refractivity contribution in [3.63, 3.8) is 0 Å². The van der Waals surface area contributed by atoms with Crippen molar-refractivity contribution in [1.82, 2.24) is 4.57 Å². The molecule has 0 fully saturated rings. The lowest BCUT2D eigenvalue weighted by Gasteiger charge is -2.10. The molecule has 0 amide bonds. The number of hydrogen-bond acceptors (Lipinski definition) is 4. The summed E-state index contributed by atoms with van der Waals surface area (Å²) in [7, 11) is -2.19. The molecule has 3 aromatic rings. The van der Waals surface area contributed by atoms with Crippen molar-refractivity contribution in [2.75, 3.05) is 4.72 Å². The SMILES string of the molecule is Cc1cc(F)ccc1NS(=O)(=O)c1ccc2c(c1)sc(=O)n2C. The van der Waals surface area contributed by atoms with E-state index < -0.39 is 15.8 Å².